The van der Waals surface area contributed by atoms with Crippen LogP contribution in [0.1, 0.15) is 43.0 Å². The quantitative estimate of drug-likeness (QED) is 0.798. The molecule has 24 heavy (non-hydrogen) atoms. The molecule has 1 fully saturated rings. The van der Waals surface area contributed by atoms with Gasteiger partial charge in [0.2, 0.25) is 11.8 Å². The van der Waals surface area contributed by atoms with Gasteiger partial charge in [-0.3, -0.25) is 9.59 Å². The van der Waals surface area contributed by atoms with Gasteiger partial charge in [0.15, 0.2) is 0 Å². The molecule has 1 saturated carbocycles. The molecule has 2 amide bonds. The third-order valence-electron chi connectivity index (χ3n) is 4.15. The maximum Gasteiger partial charge on any atom is 0.339 e. The van der Waals surface area contributed by atoms with Crippen LogP contribution < -0.4 is 10.6 Å². The first-order valence-electron chi connectivity index (χ1n) is 7.88. The van der Waals surface area contributed by atoms with Crippen molar-refractivity contribution in [1.82, 2.24) is 5.32 Å². The van der Waals surface area contributed by atoms with Crippen LogP contribution in [0.15, 0.2) is 18.2 Å². The molecule has 6 nitrogen and oxygen atoms in total. The van der Waals surface area contributed by atoms with E-state index in [-0.39, 0.29) is 28.3 Å². The van der Waals surface area contributed by atoms with Crippen LogP contribution in [0.25, 0.3) is 0 Å². The minimum atomic E-state index is -0.581. The van der Waals surface area contributed by atoms with Crippen LogP contribution in [0, 0.1) is 5.92 Å². The lowest BCUT2D eigenvalue weighted by atomic mass is 9.97. The number of benzene rings is 1. The standard InChI is InChI=1S/C17H21ClN2O4/c1-10(21)19-15(11-5-3-4-6-11)16(22)20-12-7-8-14(18)13(9-12)17(23)24-2/h7-9,11,15H,3-6H2,1-2H3,(H,19,21)(H,20,22). The Bertz CT molecular complexity index is 641. The fourth-order valence-corrected chi connectivity index (χ4v) is 3.19. The summed E-state index contributed by atoms with van der Waals surface area (Å²) in [5, 5.41) is 5.73. The van der Waals surface area contributed by atoms with E-state index in [0.29, 0.717) is 5.69 Å². The van der Waals surface area contributed by atoms with Crippen molar-refractivity contribution in [2.75, 3.05) is 12.4 Å². The van der Waals surface area contributed by atoms with Crippen molar-refractivity contribution < 1.29 is 19.1 Å². The summed E-state index contributed by atoms with van der Waals surface area (Å²) < 4.78 is 4.67. The first-order valence-corrected chi connectivity index (χ1v) is 8.26. The number of hydrogen-bond acceptors (Lipinski definition) is 4. The van der Waals surface area contributed by atoms with Gasteiger partial charge in [-0.2, -0.15) is 0 Å². The van der Waals surface area contributed by atoms with Gasteiger partial charge in [0.05, 0.1) is 17.7 Å². The molecule has 1 aromatic carbocycles. The summed E-state index contributed by atoms with van der Waals surface area (Å²) in [6.45, 7) is 1.40. The normalized spacial score (nSPS) is 15.6. The van der Waals surface area contributed by atoms with Crippen molar-refractivity contribution in [2.24, 2.45) is 5.92 Å². The van der Waals surface area contributed by atoms with Gasteiger partial charge in [-0.15, -0.1) is 0 Å². The molecule has 1 unspecified atom stereocenters. The Morgan fingerprint density at radius 1 is 1.25 bits per heavy atom. The van der Waals surface area contributed by atoms with Crippen LogP contribution in [0.3, 0.4) is 0 Å². The Hall–Kier alpha value is -2.08. The van der Waals surface area contributed by atoms with Crippen molar-refractivity contribution in [1.29, 1.82) is 0 Å². The number of ether oxygens (including phenoxy) is 1. The van der Waals surface area contributed by atoms with Gasteiger partial charge in [0.25, 0.3) is 0 Å². The maximum atomic E-state index is 12.6. The summed E-state index contributed by atoms with van der Waals surface area (Å²) in [4.78, 5) is 35.7. The second-order valence-electron chi connectivity index (χ2n) is 5.90. The second kappa shape index (κ2) is 8.15. The lowest BCUT2D eigenvalue weighted by Crippen LogP contribution is -2.47. The van der Waals surface area contributed by atoms with E-state index in [1.165, 1.54) is 26.2 Å². The number of methoxy groups -OCH3 is 1. The molecule has 0 spiro atoms. The molecule has 0 bridgehead atoms. The van der Waals surface area contributed by atoms with Crippen molar-refractivity contribution in [2.45, 2.75) is 38.6 Å². The molecule has 2 N–H and O–H groups in total. The van der Waals surface area contributed by atoms with Gasteiger partial charge < -0.3 is 15.4 Å². The number of carbonyl (C=O) groups is 3. The average molecular weight is 353 g/mol. The lowest BCUT2D eigenvalue weighted by Gasteiger charge is -2.23. The number of amides is 2. The molecule has 130 valence electrons. The average Bonchev–Trinajstić information content (AvgIpc) is 3.07. The smallest absolute Gasteiger partial charge is 0.339 e. The highest BCUT2D eigenvalue weighted by molar-refractivity contribution is 6.33. The topological polar surface area (TPSA) is 84.5 Å². The summed E-state index contributed by atoms with van der Waals surface area (Å²) in [7, 11) is 1.26. The van der Waals surface area contributed by atoms with E-state index in [1.54, 1.807) is 6.07 Å². The van der Waals surface area contributed by atoms with E-state index in [4.69, 9.17) is 11.6 Å². The molecule has 1 atom stereocenters. The summed E-state index contributed by atoms with van der Waals surface area (Å²) >= 11 is 5.97. The Morgan fingerprint density at radius 2 is 1.92 bits per heavy atom. The molecule has 1 aliphatic carbocycles. The molecular weight excluding hydrogens is 332 g/mol. The SMILES string of the molecule is COC(=O)c1cc(NC(=O)C(NC(C)=O)C2CCCC2)ccc1Cl. The Morgan fingerprint density at radius 3 is 2.50 bits per heavy atom. The zero-order valence-corrected chi connectivity index (χ0v) is 14.5. The number of halogens is 1. The fourth-order valence-electron chi connectivity index (χ4n) is 3.00. The van der Waals surface area contributed by atoms with E-state index in [9.17, 15) is 14.4 Å². The zero-order chi connectivity index (χ0) is 17.7. The van der Waals surface area contributed by atoms with Gasteiger partial charge >= 0.3 is 5.97 Å². The third kappa shape index (κ3) is 4.47. The number of hydrogen-bond donors (Lipinski definition) is 2. The molecular formula is C17H21ClN2O4. The van der Waals surface area contributed by atoms with Gasteiger partial charge in [-0.1, -0.05) is 24.4 Å². The number of rotatable bonds is 5. The van der Waals surface area contributed by atoms with E-state index in [1.807, 2.05) is 0 Å². The Labute approximate surface area is 145 Å². The molecule has 0 heterocycles. The predicted octanol–water partition coefficient (Wildman–Crippen LogP) is 2.76. The van der Waals surface area contributed by atoms with E-state index in [0.717, 1.165) is 25.7 Å². The van der Waals surface area contributed by atoms with Crippen LogP contribution in [0.5, 0.6) is 0 Å². The van der Waals surface area contributed by atoms with E-state index < -0.39 is 12.0 Å². The molecule has 1 aromatic rings. The highest BCUT2D eigenvalue weighted by atomic mass is 35.5. The highest BCUT2D eigenvalue weighted by Crippen LogP contribution is 2.29. The highest BCUT2D eigenvalue weighted by Gasteiger charge is 2.31. The summed E-state index contributed by atoms with van der Waals surface area (Å²) in [6, 6.07) is 4.01. The predicted molar refractivity (Wildman–Crippen MR) is 91.0 cm³/mol. The van der Waals surface area contributed by atoms with Gasteiger partial charge in [-0.25, -0.2) is 4.79 Å². The zero-order valence-electron chi connectivity index (χ0n) is 13.7. The summed E-state index contributed by atoms with van der Waals surface area (Å²) in [5.74, 6) is -0.991. The molecule has 0 aromatic heterocycles. The molecule has 1 aliphatic rings. The molecule has 2 rings (SSSR count). The van der Waals surface area contributed by atoms with Gasteiger partial charge in [0, 0.05) is 12.6 Å². The number of carbonyl (C=O) groups excluding carboxylic acids is 3. The van der Waals surface area contributed by atoms with E-state index in [2.05, 4.69) is 15.4 Å². The van der Waals surface area contributed by atoms with Crippen LogP contribution in [-0.2, 0) is 14.3 Å². The molecule has 0 radical (unpaired) electrons. The third-order valence-corrected chi connectivity index (χ3v) is 4.48. The van der Waals surface area contributed by atoms with Crippen molar-refractivity contribution >= 4 is 35.1 Å². The Kier molecular flexibility index (Phi) is 6.20. The number of anilines is 1. The van der Waals surface area contributed by atoms with Crippen molar-refractivity contribution in [3.05, 3.63) is 28.8 Å². The minimum absolute atomic E-state index is 0.126. The van der Waals surface area contributed by atoms with Crippen LogP contribution in [0.4, 0.5) is 5.69 Å². The lowest BCUT2D eigenvalue weighted by molar-refractivity contribution is -0.126. The van der Waals surface area contributed by atoms with E-state index >= 15 is 0 Å². The van der Waals surface area contributed by atoms with Crippen LogP contribution in [0.2, 0.25) is 5.02 Å². The Balaban J connectivity index is 2.16. The minimum Gasteiger partial charge on any atom is -0.465 e. The first-order chi connectivity index (χ1) is 11.4. The molecule has 0 aliphatic heterocycles. The maximum absolute atomic E-state index is 12.6. The molecule has 7 heteroatoms. The second-order valence-corrected chi connectivity index (χ2v) is 6.31. The van der Waals surface area contributed by atoms with Crippen LogP contribution in [-0.4, -0.2) is 30.9 Å². The monoisotopic (exact) mass is 352 g/mol. The van der Waals surface area contributed by atoms with Crippen LogP contribution >= 0.6 is 11.6 Å². The molecule has 0 saturated heterocycles. The summed E-state index contributed by atoms with van der Waals surface area (Å²) in [6.07, 6.45) is 3.93. The largest absolute Gasteiger partial charge is 0.465 e. The van der Waals surface area contributed by atoms with Gasteiger partial charge in [-0.05, 0) is 37.0 Å². The first kappa shape index (κ1) is 18.3. The number of esters is 1. The van der Waals surface area contributed by atoms with Crippen molar-refractivity contribution in [3.8, 4) is 0 Å². The summed E-state index contributed by atoms with van der Waals surface area (Å²) in [5.41, 5.74) is 0.604. The number of nitrogens with one attached hydrogen (secondary N) is 2. The van der Waals surface area contributed by atoms with Gasteiger partial charge in [0.1, 0.15) is 6.04 Å². The fraction of sp³-hybridized carbons (Fsp3) is 0.471. The van der Waals surface area contributed by atoms with Crippen molar-refractivity contribution in [3.63, 3.8) is 0 Å².